The Balaban J connectivity index is 1.33. The van der Waals surface area contributed by atoms with E-state index in [0.717, 1.165) is 28.2 Å². The van der Waals surface area contributed by atoms with Gasteiger partial charge in [-0.2, -0.15) is 0 Å². The Hall–Kier alpha value is -6.65. The molecule has 12 rings (SSSR count). The van der Waals surface area contributed by atoms with Crippen LogP contribution >= 0.6 is 0 Å². The third-order valence-corrected chi connectivity index (χ3v) is 13.6. The summed E-state index contributed by atoms with van der Waals surface area (Å²) in [4.78, 5) is 8.07. The van der Waals surface area contributed by atoms with Gasteiger partial charge in [-0.3, -0.25) is 4.40 Å². The highest BCUT2D eigenvalue weighted by Gasteiger charge is 2.31. The average Bonchev–Trinajstić information content (AvgIpc) is 3.96. The summed E-state index contributed by atoms with van der Waals surface area (Å²) in [6, 6.07) is 50.0. The Labute approximate surface area is 356 Å². The van der Waals surface area contributed by atoms with E-state index in [2.05, 4.69) is 216 Å². The summed E-state index contributed by atoms with van der Waals surface area (Å²) in [5, 5.41) is 12.8. The number of rotatable bonds is 3. The van der Waals surface area contributed by atoms with Crippen LogP contribution in [0.3, 0.4) is 0 Å². The van der Waals surface area contributed by atoms with E-state index in [-0.39, 0.29) is 16.2 Å². The van der Waals surface area contributed by atoms with Gasteiger partial charge in [-0.1, -0.05) is 129 Å². The molecule has 0 saturated heterocycles. The standard InChI is InChI=1S/C57H50N4/c1-55(2,3)34-26-40-41-27-36(57(7,8)9)31-46(59(37-19-12-10-13-20-37)38-21-14-11-15-22-38)53(41)61-51(40)44(30-34)50-49-43-29-35(56(4,5)6)28-42-48-39-23-17-16-18-33(39)24-25-45(48)60(52(42)43)47(49)32-58-54(50)61/h10-32H,1-9H3. The van der Waals surface area contributed by atoms with Crippen molar-refractivity contribution < 1.29 is 0 Å². The molecule has 0 bridgehead atoms. The van der Waals surface area contributed by atoms with Gasteiger partial charge in [0.15, 0.2) is 0 Å². The second-order valence-electron chi connectivity index (χ2n) is 20.6. The van der Waals surface area contributed by atoms with Gasteiger partial charge >= 0.3 is 0 Å². The van der Waals surface area contributed by atoms with E-state index in [0.29, 0.717) is 0 Å². The van der Waals surface area contributed by atoms with E-state index >= 15 is 0 Å². The SMILES string of the molecule is CC(C)(C)c1cc(N(c2ccccc2)c2ccccc2)c2c(c1)c1cc(C(C)(C)C)cc3c4c5c6cc(C(C)(C)C)cc7c8c9ccccc9ccc8n(c5cnc4n2c13)c76. The minimum atomic E-state index is -0.0903. The summed E-state index contributed by atoms with van der Waals surface area (Å²) in [5.74, 6) is 0. The van der Waals surface area contributed by atoms with Gasteiger partial charge in [0.2, 0.25) is 0 Å². The molecule has 4 heteroatoms. The molecule has 5 aromatic heterocycles. The van der Waals surface area contributed by atoms with Gasteiger partial charge in [-0.25, -0.2) is 4.98 Å². The van der Waals surface area contributed by atoms with Crippen molar-refractivity contribution in [3.8, 4) is 0 Å². The van der Waals surface area contributed by atoms with Crippen LogP contribution in [0.25, 0.3) is 87.1 Å². The molecule has 0 aliphatic rings. The van der Waals surface area contributed by atoms with Gasteiger partial charge in [0.1, 0.15) is 5.65 Å². The van der Waals surface area contributed by atoms with Gasteiger partial charge in [0, 0.05) is 54.5 Å². The fourth-order valence-corrected chi connectivity index (χ4v) is 10.4. The normalized spacial score (nSPS) is 13.3. The molecule has 298 valence electrons. The molecule has 0 amide bonds. The predicted octanol–water partition coefficient (Wildman–Crippen LogP) is 15.9. The topological polar surface area (TPSA) is 24.9 Å². The van der Waals surface area contributed by atoms with Gasteiger partial charge < -0.3 is 9.30 Å². The second kappa shape index (κ2) is 12.0. The fraction of sp³-hybridized carbons (Fsp3) is 0.211. The maximum atomic E-state index is 5.62. The molecule has 0 radical (unpaired) electrons. The molecule has 0 fully saturated rings. The predicted molar refractivity (Wildman–Crippen MR) is 262 cm³/mol. The molecule has 0 aliphatic carbocycles. The van der Waals surface area contributed by atoms with E-state index in [1.54, 1.807) is 0 Å². The smallest absolute Gasteiger partial charge is 0.146 e. The Morgan fingerprint density at radius 1 is 0.410 bits per heavy atom. The van der Waals surface area contributed by atoms with Crippen molar-refractivity contribution >= 4 is 104 Å². The molecular weight excluding hydrogens is 741 g/mol. The lowest BCUT2D eigenvalue weighted by atomic mass is 9.83. The summed E-state index contributed by atoms with van der Waals surface area (Å²) in [7, 11) is 0. The van der Waals surface area contributed by atoms with Crippen molar-refractivity contribution in [3.63, 3.8) is 0 Å². The Morgan fingerprint density at radius 3 is 1.51 bits per heavy atom. The molecule has 4 nitrogen and oxygen atoms in total. The van der Waals surface area contributed by atoms with Crippen LogP contribution < -0.4 is 4.90 Å². The molecule has 0 spiro atoms. The number of fused-ring (bicyclic) bond motifs is 15. The first-order chi connectivity index (χ1) is 29.2. The van der Waals surface area contributed by atoms with Gasteiger partial charge in [0.25, 0.3) is 0 Å². The van der Waals surface area contributed by atoms with Crippen molar-refractivity contribution in [3.05, 3.63) is 156 Å². The number of hydrogen-bond donors (Lipinski definition) is 0. The van der Waals surface area contributed by atoms with Gasteiger partial charge in [-0.05, 0) is 110 Å². The Kier molecular flexibility index (Phi) is 7.13. The van der Waals surface area contributed by atoms with E-state index in [9.17, 15) is 0 Å². The number of nitrogens with zero attached hydrogens (tertiary/aromatic N) is 4. The third kappa shape index (κ3) is 4.96. The molecule has 5 heterocycles. The lowest BCUT2D eigenvalue weighted by molar-refractivity contribution is 0.591. The van der Waals surface area contributed by atoms with Gasteiger partial charge in [-0.15, -0.1) is 0 Å². The van der Waals surface area contributed by atoms with E-state index < -0.39 is 0 Å². The number of hydrogen-bond acceptors (Lipinski definition) is 2. The van der Waals surface area contributed by atoms with E-state index in [1.165, 1.54) is 92.6 Å². The molecule has 0 N–H and O–H groups in total. The fourth-order valence-electron chi connectivity index (χ4n) is 10.4. The van der Waals surface area contributed by atoms with Crippen LogP contribution in [-0.2, 0) is 16.2 Å². The van der Waals surface area contributed by atoms with Crippen molar-refractivity contribution in [2.75, 3.05) is 4.90 Å². The number of aromatic nitrogens is 3. The molecule has 0 aliphatic heterocycles. The number of para-hydroxylation sites is 2. The summed E-state index contributed by atoms with van der Waals surface area (Å²) in [6.45, 7) is 21.1. The monoisotopic (exact) mass is 790 g/mol. The zero-order chi connectivity index (χ0) is 41.9. The molecular formula is C57H50N4. The van der Waals surface area contributed by atoms with E-state index in [1.807, 2.05) is 0 Å². The molecule has 12 aromatic rings. The van der Waals surface area contributed by atoms with Crippen LogP contribution in [0.5, 0.6) is 0 Å². The molecule has 0 saturated carbocycles. The zero-order valence-corrected chi connectivity index (χ0v) is 36.6. The number of anilines is 3. The highest BCUT2D eigenvalue weighted by atomic mass is 15.2. The van der Waals surface area contributed by atoms with E-state index in [4.69, 9.17) is 4.98 Å². The number of pyridine rings is 1. The molecule has 0 atom stereocenters. The highest BCUT2D eigenvalue weighted by Crippen LogP contribution is 2.52. The highest BCUT2D eigenvalue weighted by molar-refractivity contribution is 6.36. The van der Waals surface area contributed by atoms with Crippen LogP contribution in [0.4, 0.5) is 17.1 Å². The van der Waals surface area contributed by atoms with Crippen molar-refractivity contribution in [1.29, 1.82) is 0 Å². The van der Waals surface area contributed by atoms with Crippen LogP contribution in [0, 0.1) is 0 Å². The lowest BCUT2D eigenvalue weighted by Gasteiger charge is -2.29. The Bertz CT molecular complexity index is 3690. The summed E-state index contributed by atoms with van der Waals surface area (Å²) in [6.07, 6.45) is 2.17. The molecule has 0 unspecified atom stereocenters. The minimum Gasteiger partial charge on any atom is -0.308 e. The third-order valence-electron chi connectivity index (χ3n) is 13.6. The molecule has 61 heavy (non-hydrogen) atoms. The van der Waals surface area contributed by atoms with Gasteiger partial charge in [0.05, 0.1) is 39.5 Å². The number of benzene rings is 7. The first-order valence-electron chi connectivity index (χ1n) is 21.8. The molecule has 7 aromatic carbocycles. The largest absolute Gasteiger partial charge is 0.308 e. The average molecular weight is 791 g/mol. The zero-order valence-electron chi connectivity index (χ0n) is 36.6. The minimum absolute atomic E-state index is 0.0540. The van der Waals surface area contributed by atoms with Crippen LogP contribution in [0.15, 0.2) is 140 Å². The first-order valence-corrected chi connectivity index (χ1v) is 21.8. The lowest BCUT2D eigenvalue weighted by Crippen LogP contribution is -2.15. The van der Waals surface area contributed by atoms with Crippen molar-refractivity contribution in [1.82, 2.24) is 13.8 Å². The maximum absolute atomic E-state index is 5.62. The second-order valence-corrected chi connectivity index (χ2v) is 20.6. The van der Waals surface area contributed by atoms with Crippen molar-refractivity contribution in [2.45, 2.75) is 78.6 Å². The van der Waals surface area contributed by atoms with Crippen LogP contribution in [0.1, 0.15) is 79.0 Å². The summed E-state index contributed by atoms with van der Waals surface area (Å²) < 4.78 is 5.04. The summed E-state index contributed by atoms with van der Waals surface area (Å²) >= 11 is 0. The quantitative estimate of drug-likeness (QED) is 0.178. The van der Waals surface area contributed by atoms with Crippen molar-refractivity contribution in [2.24, 2.45) is 0 Å². The van der Waals surface area contributed by atoms with Crippen LogP contribution in [0.2, 0.25) is 0 Å². The van der Waals surface area contributed by atoms with Crippen LogP contribution in [-0.4, -0.2) is 13.8 Å². The first kappa shape index (κ1) is 36.2. The maximum Gasteiger partial charge on any atom is 0.146 e. The summed E-state index contributed by atoms with van der Waals surface area (Å²) in [5.41, 5.74) is 14.2. The Morgan fingerprint density at radius 2 is 0.902 bits per heavy atom.